The van der Waals surface area contributed by atoms with Crippen molar-refractivity contribution < 1.29 is 19.4 Å². The molecule has 3 aliphatic carbocycles. The number of unbranched alkanes of at least 4 members (excludes halogenated alkanes) is 1. The number of benzene rings is 2. The Morgan fingerprint density at radius 2 is 1.35 bits per heavy atom. The van der Waals surface area contributed by atoms with Crippen molar-refractivity contribution in [3.8, 4) is 0 Å². The van der Waals surface area contributed by atoms with Gasteiger partial charge in [-0.05, 0) is 28.7 Å². The van der Waals surface area contributed by atoms with E-state index in [1.807, 2.05) is 55.5 Å². The molecule has 1 N–H and O–H groups in total. The molecule has 134 valence electrons. The highest BCUT2D eigenvalue weighted by Crippen LogP contribution is 2.58. The Hall–Kier alpha value is -2.62. The molecule has 0 aliphatic heterocycles. The van der Waals surface area contributed by atoms with Crippen molar-refractivity contribution in [3.63, 3.8) is 0 Å². The van der Waals surface area contributed by atoms with E-state index in [0.29, 0.717) is 6.61 Å². The molecule has 0 heterocycles. The lowest BCUT2D eigenvalue weighted by molar-refractivity contribution is -0.160. The van der Waals surface area contributed by atoms with E-state index in [1.54, 1.807) is 0 Å². The van der Waals surface area contributed by atoms with E-state index in [4.69, 9.17) is 4.74 Å². The van der Waals surface area contributed by atoms with Crippen LogP contribution in [0.4, 0.5) is 0 Å². The SMILES string of the molecule is CCCCOC(=O)[C@H]1C2c3ccccc3C(c3ccccc32)[C@@H]1C(=O)O. The molecule has 0 fully saturated rings. The maximum atomic E-state index is 12.9. The second kappa shape index (κ2) is 6.60. The highest BCUT2D eigenvalue weighted by atomic mass is 16.5. The molecule has 3 aliphatic rings. The molecule has 2 atom stereocenters. The van der Waals surface area contributed by atoms with Crippen LogP contribution in [0.5, 0.6) is 0 Å². The maximum Gasteiger partial charge on any atom is 0.310 e. The second-order valence-corrected chi connectivity index (χ2v) is 7.12. The summed E-state index contributed by atoms with van der Waals surface area (Å²) in [5.74, 6) is -3.36. The van der Waals surface area contributed by atoms with Gasteiger partial charge >= 0.3 is 11.9 Å². The molecule has 4 heteroatoms. The lowest BCUT2D eigenvalue weighted by Crippen LogP contribution is -2.47. The fourth-order valence-corrected chi connectivity index (χ4v) is 4.67. The molecule has 5 rings (SSSR count). The van der Waals surface area contributed by atoms with E-state index < -0.39 is 17.8 Å². The molecule has 26 heavy (non-hydrogen) atoms. The number of hydrogen-bond acceptors (Lipinski definition) is 3. The first-order valence-electron chi connectivity index (χ1n) is 9.22. The smallest absolute Gasteiger partial charge is 0.310 e. The van der Waals surface area contributed by atoms with Gasteiger partial charge in [0.05, 0.1) is 18.4 Å². The van der Waals surface area contributed by atoms with Gasteiger partial charge in [0.1, 0.15) is 0 Å². The molecule has 0 amide bonds. The first-order chi connectivity index (χ1) is 12.6. The standard InChI is InChI=1S/C22H22O4/c1-2-3-12-26-22(25)20-18-15-10-6-4-8-13(15)17(19(20)21(23)24)14-9-5-7-11-16(14)18/h4-11,17-20H,2-3,12H2,1H3,(H,23,24)/t17?,18?,19-,20-/m0/s1. The van der Waals surface area contributed by atoms with Gasteiger partial charge in [0.25, 0.3) is 0 Å². The minimum Gasteiger partial charge on any atom is -0.481 e. The van der Waals surface area contributed by atoms with Gasteiger partial charge in [0.2, 0.25) is 0 Å². The van der Waals surface area contributed by atoms with E-state index in [9.17, 15) is 14.7 Å². The molecular formula is C22H22O4. The van der Waals surface area contributed by atoms with Gasteiger partial charge in [-0.25, -0.2) is 0 Å². The predicted molar refractivity (Wildman–Crippen MR) is 97.1 cm³/mol. The predicted octanol–water partition coefficient (Wildman–Crippen LogP) is 3.94. The number of carboxylic acid groups (broad SMARTS) is 1. The Morgan fingerprint density at radius 3 is 1.77 bits per heavy atom. The van der Waals surface area contributed by atoms with Gasteiger partial charge in [0.15, 0.2) is 0 Å². The lowest BCUT2D eigenvalue weighted by Gasteiger charge is -2.47. The number of aliphatic carboxylic acids is 1. The summed E-state index contributed by atoms with van der Waals surface area (Å²) >= 11 is 0. The van der Waals surface area contributed by atoms with Crippen molar-refractivity contribution in [3.05, 3.63) is 70.8 Å². The largest absolute Gasteiger partial charge is 0.481 e. The van der Waals surface area contributed by atoms with Crippen molar-refractivity contribution in [2.24, 2.45) is 11.8 Å². The summed E-state index contributed by atoms with van der Waals surface area (Å²) in [6.45, 7) is 2.38. The first kappa shape index (κ1) is 16.8. The third-order valence-electron chi connectivity index (χ3n) is 5.74. The molecule has 0 saturated heterocycles. The summed E-state index contributed by atoms with van der Waals surface area (Å²) in [4.78, 5) is 25.1. The fourth-order valence-electron chi connectivity index (χ4n) is 4.67. The Labute approximate surface area is 152 Å². The molecule has 0 saturated carbocycles. The Morgan fingerprint density at radius 1 is 0.885 bits per heavy atom. The zero-order chi connectivity index (χ0) is 18.3. The van der Waals surface area contributed by atoms with Crippen LogP contribution in [-0.4, -0.2) is 23.7 Å². The maximum absolute atomic E-state index is 12.9. The summed E-state index contributed by atoms with van der Waals surface area (Å²) in [5, 5.41) is 9.99. The van der Waals surface area contributed by atoms with Crippen molar-refractivity contribution in [2.45, 2.75) is 31.6 Å². The van der Waals surface area contributed by atoms with Gasteiger partial charge in [-0.3, -0.25) is 9.59 Å². The van der Waals surface area contributed by atoms with Gasteiger partial charge < -0.3 is 9.84 Å². The van der Waals surface area contributed by atoms with Crippen LogP contribution in [0.25, 0.3) is 0 Å². The average molecular weight is 350 g/mol. The van der Waals surface area contributed by atoms with Crippen LogP contribution < -0.4 is 0 Å². The molecule has 4 nitrogen and oxygen atoms in total. The average Bonchev–Trinajstić information content (AvgIpc) is 2.67. The number of ether oxygens (including phenoxy) is 1. The molecule has 0 radical (unpaired) electrons. The normalized spacial score (nSPS) is 25.3. The van der Waals surface area contributed by atoms with Gasteiger partial charge in [-0.15, -0.1) is 0 Å². The van der Waals surface area contributed by atoms with Crippen LogP contribution >= 0.6 is 0 Å². The minimum atomic E-state index is -0.929. The third-order valence-corrected chi connectivity index (χ3v) is 5.74. The quantitative estimate of drug-likeness (QED) is 0.655. The van der Waals surface area contributed by atoms with Crippen molar-refractivity contribution in [2.75, 3.05) is 6.61 Å². The number of fused-ring (bicyclic) bond motifs is 1. The minimum absolute atomic E-state index is 0.261. The Balaban J connectivity index is 1.85. The second-order valence-electron chi connectivity index (χ2n) is 7.12. The van der Waals surface area contributed by atoms with E-state index in [1.165, 1.54) is 0 Å². The number of rotatable bonds is 5. The number of esters is 1. The van der Waals surface area contributed by atoms with E-state index in [0.717, 1.165) is 35.1 Å². The van der Waals surface area contributed by atoms with Crippen LogP contribution in [0.2, 0.25) is 0 Å². The number of carbonyl (C=O) groups excluding carboxylic acids is 1. The monoisotopic (exact) mass is 350 g/mol. The van der Waals surface area contributed by atoms with Gasteiger partial charge in [-0.1, -0.05) is 61.9 Å². The summed E-state index contributed by atoms with van der Waals surface area (Å²) < 4.78 is 5.48. The summed E-state index contributed by atoms with van der Waals surface area (Å²) in [5.41, 5.74) is 4.18. The van der Waals surface area contributed by atoms with Crippen LogP contribution in [0.15, 0.2) is 48.5 Å². The van der Waals surface area contributed by atoms with E-state index >= 15 is 0 Å². The van der Waals surface area contributed by atoms with Crippen molar-refractivity contribution >= 4 is 11.9 Å². The molecular weight excluding hydrogens is 328 g/mol. The molecule has 0 spiro atoms. The highest BCUT2D eigenvalue weighted by molar-refractivity contribution is 5.87. The Bertz CT molecular complexity index is 809. The molecule has 2 aromatic carbocycles. The first-order valence-corrected chi connectivity index (χ1v) is 9.22. The third kappa shape index (κ3) is 2.44. The summed E-state index contributed by atoms with van der Waals surface area (Å²) in [6, 6.07) is 15.8. The number of carbonyl (C=O) groups is 2. The van der Waals surface area contributed by atoms with Crippen LogP contribution in [0.1, 0.15) is 53.9 Å². The van der Waals surface area contributed by atoms with Crippen LogP contribution in [0.3, 0.4) is 0 Å². The van der Waals surface area contributed by atoms with Crippen molar-refractivity contribution in [1.82, 2.24) is 0 Å². The molecule has 0 unspecified atom stereocenters. The van der Waals surface area contributed by atoms with Gasteiger partial charge in [-0.2, -0.15) is 0 Å². The van der Waals surface area contributed by atoms with E-state index in [2.05, 4.69) is 0 Å². The molecule has 2 aromatic rings. The Kier molecular flexibility index (Phi) is 4.27. The zero-order valence-electron chi connectivity index (χ0n) is 14.7. The number of carboxylic acids is 1. The highest BCUT2D eigenvalue weighted by Gasteiger charge is 2.55. The van der Waals surface area contributed by atoms with Gasteiger partial charge in [0, 0.05) is 11.8 Å². The molecule has 2 bridgehead atoms. The fraction of sp³-hybridized carbons (Fsp3) is 0.364. The van der Waals surface area contributed by atoms with E-state index in [-0.39, 0.29) is 17.8 Å². The zero-order valence-corrected chi connectivity index (χ0v) is 14.7. The summed E-state index contributed by atoms with van der Waals surface area (Å²) in [6.07, 6.45) is 1.72. The molecule has 0 aromatic heterocycles. The topological polar surface area (TPSA) is 63.6 Å². The lowest BCUT2D eigenvalue weighted by atomic mass is 9.54. The van der Waals surface area contributed by atoms with Crippen LogP contribution in [0, 0.1) is 11.8 Å². The van der Waals surface area contributed by atoms with Crippen LogP contribution in [-0.2, 0) is 14.3 Å². The summed E-state index contributed by atoms with van der Waals surface area (Å²) in [7, 11) is 0. The van der Waals surface area contributed by atoms with Crippen molar-refractivity contribution in [1.29, 1.82) is 0 Å². The number of hydrogen-bond donors (Lipinski definition) is 1.